The molecule has 0 N–H and O–H groups in total. The Kier molecular flexibility index (Phi) is 4.59. The third kappa shape index (κ3) is 6.25. The lowest BCUT2D eigenvalue weighted by Crippen LogP contribution is -2.19. The Bertz CT molecular complexity index is 194. The number of hydrogen-bond donors (Lipinski definition) is 0. The molecule has 0 aliphatic carbocycles. The summed E-state index contributed by atoms with van der Waals surface area (Å²) in [7, 11) is 0. The summed E-state index contributed by atoms with van der Waals surface area (Å²) in [6, 6.07) is -0.501. The van der Waals surface area contributed by atoms with E-state index < -0.39 is 6.04 Å². The fourth-order valence-electron chi connectivity index (χ4n) is 0.570. The highest BCUT2D eigenvalue weighted by atomic mass is 16.5. The first kappa shape index (κ1) is 12.1. The van der Waals surface area contributed by atoms with Gasteiger partial charge in [-0.2, -0.15) is 10.2 Å². The van der Waals surface area contributed by atoms with E-state index in [9.17, 15) is 4.79 Å². The molecule has 0 amide bonds. The van der Waals surface area contributed by atoms with Gasteiger partial charge in [0.25, 0.3) is 0 Å². The molecule has 0 aromatic heterocycles. The van der Waals surface area contributed by atoms with Crippen molar-refractivity contribution in [2.75, 3.05) is 6.61 Å². The summed E-state index contributed by atoms with van der Waals surface area (Å²) in [5.41, 5.74) is -0.235. The van der Waals surface area contributed by atoms with Crippen LogP contribution < -0.4 is 0 Å². The highest BCUT2D eigenvalue weighted by Gasteiger charge is 2.14. The van der Waals surface area contributed by atoms with E-state index in [0.717, 1.165) is 0 Å². The summed E-state index contributed by atoms with van der Waals surface area (Å²) in [6.07, 6.45) is 0. The summed E-state index contributed by atoms with van der Waals surface area (Å²) in [5.74, 6) is -0.324. The number of hydrogen-bond acceptors (Lipinski definition) is 4. The average molecular weight is 186 g/mol. The van der Waals surface area contributed by atoms with Crippen LogP contribution in [0.4, 0.5) is 0 Å². The first-order valence-electron chi connectivity index (χ1n) is 4.45. The van der Waals surface area contributed by atoms with Gasteiger partial charge in [-0.1, -0.05) is 0 Å². The van der Waals surface area contributed by atoms with Crippen LogP contribution in [0.5, 0.6) is 0 Å². The summed E-state index contributed by atoms with van der Waals surface area (Å²) in [6.45, 7) is 9.60. The number of carbonyl (C=O) groups is 1. The molecule has 0 saturated heterocycles. The van der Waals surface area contributed by atoms with E-state index in [0.29, 0.717) is 6.61 Å². The van der Waals surface area contributed by atoms with Crippen molar-refractivity contribution in [3.8, 4) is 0 Å². The Morgan fingerprint density at radius 2 is 2.00 bits per heavy atom. The molecule has 1 unspecified atom stereocenters. The molecule has 4 heteroatoms. The first-order valence-corrected chi connectivity index (χ1v) is 4.45. The van der Waals surface area contributed by atoms with E-state index >= 15 is 0 Å². The number of ether oxygens (including phenoxy) is 1. The molecular weight excluding hydrogens is 168 g/mol. The van der Waals surface area contributed by atoms with Crippen molar-refractivity contribution in [1.29, 1.82) is 0 Å². The Morgan fingerprint density at radius 3 is 2.38 bits per heavy atom. The Labute approximate surface area is 79.4 Å². The van der Waals surface area contributed by atoms with Crippen molar-refractivity contribution in [2.45, 2.75) is 46.2 Å². The van der Waals surface area contributed by atoms with E-state index in [1.54, 1.807) is 13.8 Å². The van der Waals surface area contributed by atoms with Gasteiger partial charge in [-0.05, 0) is 34.6 Å². The van der Waals surface area contributed by atoms with Crippen LogP contribution in [0, 0.1) is 0 Å². The largest absolute Gasteiger partial charge is 0.464 e. The number of esters is 1. The van der Waals surface area contributed by atoms with Crippen LogP contribution in [-0.4, -0.2) is 24.2 Å². The van der Waals surface area contributed by atoms with Gasteiger partial charge in [0.1, 0.15) is 0 Å². The quantitative estimate of drug-likeness (QED) is 0.501. The van der Waals surface area contributed by atoms with E-state index in [-0.39, 0.29) is 11.5 Å². The van der Waals surface area contributed by atoms with E-state index in [4.69, 9.17) is 4.74 Å². The molecule has 13 heavy (non-hydrogen) atoms. The van der Waals surface area contributed by atoms with Crippen LogP contribution in [0.1, 0.15) is 34.6 Å². The summed E-state index contributed by atoms with van der Waals surface area (Å²) < 4.78 is 4.78. The molecule has 0 fully saturated rings. The van der Waals surface area contributed by atoms with Crippen LogP contribution in [0.2, 0.25) is 0 Å². The Hall–Kier alpha value is -0.930. The maximum absolute atomic E-state index is 11.1. The minimum Gasteiger partial charge on any atom is -0.464 e. The normalized spacial score (nSPS) is 14.5. The average Bonchev–Trinajstić information content (AvgIpc) is 1.99. The van der Waals surface area contributed by atoms with Crippen LogP contribution in [-0.2, 0) is 9.53 Å². The van der Waals surface area contributed by atoms with Crippen molar-refractivity contribution in [2.24, 2.45) is 10.2 Å². The molecule has 76 valence electrons. The van der Waals surface area contributed by atoms with Crippen LogP contribution in [0.15, 0.2) is 10.2 Å². The molecular formula is C9H18N2O2. The minimum absolute atomic E-state index is 0.235. The molecule has 0 heterocycles. The Morgan fingerprint density at radius 1 is 1.46 bits per heavy atom. The molecule has 0 saturated carbocycles. The monoisotopic (exact) mass is 186 g/mol. The van der Waals surface area contributed by atoms with Gasteiger partial charge in [-0.3, -0.25) is 0 Å². The standard InChI is InChI=1S/C9H18N2O2/c1-6-13-8(12)7(2)10-11-9(3,4)5/h7H,6H2,1-5H3. The van der Waals surface area contributed by atoms with E-state index in [1.165, 1.54) is 0 Å². The number of carbonyl (C=O) groups excluding carboxylic acids is 1. The first-order chi connectivity index (χ1) is 5.87. The molecule has 0 spiro atoms. The fraction of sp³-hybridized carbons (Fsp3) is 0.889. The molecule has 0 rings (SSSR count). The van der Waals surface area contributed by atoms with Gasteiger partial charge in [0.2, 0.25) is 0 Å². The molecule has 0 aliphatic rings. The van der Waals surface area contributed by atoms with Crippen molar-refractivity contribution in [1.82, 2.24) is 0 Å². The number of nitrogens with zero attached hydrogens (tertiary/aromatic N) is 2. The van der Waals surface area contributed by atoms with Gasteiger partial charge in [-0.25, -0.2) is 4.79 Å². The fourth-order valence-corrected chi connectivity index (χ4v) is 0.570. The molecule has 0 aromatic carbocycles. The maximum atomic E-state index is 11.1. The van der Waals surface area contributed by atoms with Gasteiger partial charge in [-0.15, -0.1) is 0 Å². The highest BCUT2D eigenvalue weighted by Crippen LogP contribution is 2.08. The van der Waals surface area contributed by atoms with Gasteiger partial charge in [0, 0.05) is 0 Å². The molecule has 1 atom stereocenters. The van der Waals surface area contributed by atoms with Gasteiger partial charge in [0.15, 0.2) is 6.04 Å². The van der Waals surface area contributed by atoms with Crippen molar-refractivity contribution < 1.29 is 9.53 Å². The Balaban J connectivity index is 4.07. The van der Waals surface area contributed by atoms with Crippen molar-refractivity contribution in [3.05, 3.63) is 0 Å². The lowest BCUT2D eigenvalue weighted by atomic mass is 10.1. The summed E-state index contributed by atoms with van der Waals surface area (Å²) in [4.78, 5) is 11.1. The minimum atomic E-state index is -0.501. The molecule has 0 bridgehead atoms. The second-order valence-electron chi connectivity index (χ2n) is 3.81. The predicted molar refractivity (Wildman–Crippen MR) is 50.7 cm³/mol. The van der Waals surface area contributed by atoms with Gasteiger partial charge < -0.3 is 4.74 Å². The van der Waals surface area contributed by atoms with Crippen LogP contribution in [0.25, 0.3) is 0 Å². The zero-order valence-corrected chi connectivity index (χ0v) is 9.00. The molecule has 0 aliphatic heterocycles. The smallest absolute Gasteiger partial charge is 0.332 e. The zero-order chi connectivity index (χ0) is 10.5. The van der Waals surface area contributed by atoms with Crippen molar-refractivity contribution in [3.63, 3.8) is 0 Å². The molecule has 0 radical (unpaired) electrons. The van der Waals surface area contributed by atoms with E-state index in [2.05, 4.69) is 10.2 Å². The zero-order valence-electron chi connectivity index (χ0n) is 9.00. The van der Waals surface area contributed by atoms with Crippen molar-refractivity contribution >= 4 is 5.97 Å². The van der Waals surface area contributed by atoms with Crippen LogP contribution >= 0.6 is 0 Å². The SMILES string of the molecule is CCOC(=O)C(C)N=NC(C)(C)C. The second kappa shape index (κ2) is 4.94. The highest BCUT2D eigenvalue weighted by molar-refractivity contribution is 5.75. The van der Waals surface area contributed by atoms with Gasteiger partial charge >= 0.3 is 5.97 Å². The summed E-state index contributed by atoms with van der Waals surface area (Å²) >= 11 is 0. The summed E-state index contributed by atoms with van der Waals surface area (Å²) in [5, 5.41) is 7.85. The third-order valence-corrected chi connectivity index (χ3v) is 1.16. The second-order valence-corrected chi connectivity index (χ2v) is 3.81. The van der Waals surface area contributed by atoms with Crippen LogP contribution in [0.3, 0.4) is 0 Å². The topological polar surface area (TPSA) is 51.0 Å². The molecule has 0 aromatic rings. The lowest BCUT2D eigenvalue weighted by molar-refractivity contribution is -0.144. The number of rotatable bonds is 3. The third-order valence-electron chi connectivity index (χ3n) is 1.16. The van der Waals surface area contributed by atoms with Gasteiger partial charge in [0.05, 0.1) is 12.1 Å². The lowest BCUT2D eigenvalue weighted by Gasteiger charge is -2.11. The van der Waals surface area contributed by atoms with E-state index in [1.807, 2.05) is 20.8 Å². The predicted octanol–water partition coefficient (Wildman–Crippen LogP) is 2.19. The maximum Gasteiger partial charge on any atom is 0.332 e. The number of azo groups is 1. The molecule has 4 nitrogen and oxygen atoms in total.